The number of rotatable bonds is 2. The Hall–Kier alpha value is -1.80. The van der Waals surface area contributed by atoms with Gasteiger partial charge in [-0.3, -0.25) is 4.99 Å². The Labute approximate surface area is 121 Å². The van der Waals surface area contributed by atoms with Crippen molar-refractivity contribution in [2.75, 3.05) is 0 Å². The van der Waals surface area contributed by atoms with Crippen LogP contribution in [0.4, 0.5) is 0 Å². The molecule has 0 aliphatic rings. The predicted molar refractivity (Wildman–Crippen MR) is 82.2 cm³/mol. The van der Waals surface area contributed by atoms with Gasteiger partial charge in [0.2, 0.25) is 0 Å². The molecule has 1 rings (SSSR count). The molecule has 100 valence electrons. The lowest BCUT2D eigenvalue weighted by Gasteiger charge is -2.14. The lowest BCUT2D eigenvalue weighted by atomic mass is 10.1. The van der Waals surface area contributed by atoms with Gasteiger partial charge in [-0.1, -0.05) is 28.1 Å². The standard InChI is InChI=1S/C14H17BrN4/c1-14(2,3)19-13(18)11(8-16)12(17)9-4-6-10(15)7-5-9/h4-7H,17H2,1-3H3,(H2,18,19)/b12-11-. The van der Waals surface area contributed by atoms with E-state index >= 15 is 0 Å². The van der Waals surface area contributed by atoms with Gasteiger partial charge in [0, 0.05) is 4.47 Å². The van der Waals surface area contributed by atoms with Crippen molar-refractivity contribution < 1.29 is 0 Å². The van der Waals surface area contributed by atoms with Gasteiger partial charge in [0.1, 0.15) is 17.5 Å². The maximum Gasteiger partial charge on any atom is 0.139 e. The molecular formula is C14H17BrN4. The van der Waals surface area contributed by atoms with Gasteiger partial charge in [-0.05, 0) is 38.5 Å². The van der Waals surface area contributed by atoms with Gasteiger partial charge in [0.05, 0.1) is 11.2 Å². The normalized spacial score (nSPS) is 13.7. The molecule has 0 unspecified atom stereocenters. The van der Waals surface area contributed by atoms with E-state index in [0.29, 0.717) is 5.70 Å². The quantitative estimate of drug-likeness (QED) is 0.499. The molecule has 1 aromatic rings. The van der Waals surface area contributed by atoms with Crippen LogP contribution in [0.3, 0.4) is 0 Å². The lowest BCUT2D eigenvalue weighted by molar-refractivity contribution is 0.583. The van der Waals surface area contributed by atoms with Crippen LogP contribution < -0.4 is 11.5 Å². The fourth-order valence-electron chi connectivity index (χ4n) is 1.45. The van der Waals surface area contributed by atoms with E-state index in [9.17, 15) is 5.26 Å². The number of aliphatic imine (C=N–C) groups is 1. The van der Waals surface area contributed by atoms with E-state index in [0.717, 1.165) is 10.0 Å². The molecule has 0 fully saturated rings. The van der Waals surface area contributed by atoms with Gasteiger partial charge in [-0.25, -0.2) is 0 Å². The molecule has 0 bridgehead atoms. The molecule has 0 atom stereocenters. The number of benzene rings is 1. The molecule has 0 aliphatic heterocycles. The summed E-state index contributed by atoms with van der Waals surface area (Å²) in [5, 5.41) is 9.22. The summed E-state index contributed by atoms with van der Waals surface area (Å²) in [7, 11) is 0. The highest BCUT2D eigenvalue weighted by atomic mass is 79.9. The third kappa shape index (κ3) is 4.42. The van der Waals surface area contributed by atoms with Crippen molar-refractivity contribution in [3.05, 3.63) is 39.9 Å². The Bertz CT molecular complexity index is 557. The zero-order valence-corrected chi connectivity index (χ0v) is 12.8. The van der Waals surface area contributed by atoms with Crippen LogP contribution in [0.2, 0.25) is 0 Å². The van der Waals surface area contributed by atoms with Crippen molar-refractivity contribution >= 4 is 27.5 Å². The van der Waals surface area contributed by atoms with Crippen molar-refractivity contribution in [3.8, 4) is 6.07 Å². The summed E-state index contributed by atoms with van der Waals surface area (Å²) in [6.07, 6.45) is 0. The summed E-state index contributed by atoms with van der Waals surface area (Å²) in [5.41, 5.74) is 12.8. The van der Waals surface area contributed by atoms with E-state index in [1.165, 1.54) is 0 Å². The minimum Gasteiger partial charge on any atom is -0.397 e. The topological polar surface area (TPSA) is 88.2 Å². The van der Waals surface area contributed by atoms with Gasteiger partial charge >= 0.3 is 0 Å². The highest BCUT2D eigenvalue weighted by Gasteiger charge is 2.14. The van der Waals surface area contributed by atoms with E-state index in [1.54, 1.807) is 0 Å². The fraction of sp³-hybridized carbons (Fsp3) is 0.286. The van der Waals surface area contributed by atoms with Crippen LogP contribution in [-0.4, -0.2) is 11.4 Å². The summed E-state index contributed by atoms with van der Waals surface area (Å²) < 4.78 is 0.943. The highest BCUT2D eigenvalue weighted by molar-refractivity contribution is 9.10. The Kier molecular flexibility index (Phi) is 4.73. The molecule has 0 saturated heterocycles. The van der Waals surface area contributed by atoms with E-state index in [-0.39, 0.29) is 16.9 Å². The average molecular weight is 321 g/mol. The fourth-order valence-corrected chi connectivity index (χ4v) is 1.71. The number of hydrogen-bond donors (Lipinski definition) is 2. The second kappa shape index (κ2) is 5.89. The van der Waals surface area contributed by atoms with Crippen LogP contribution in [0.5, 0.6) is 0 Å². The molecule has 0 radical (unpaired) electrons. The van der Waals surface area contributed by atoms with Gasteiger partial charge < -0.3 is 11.5 Å². The zero-order chi connectivity index (χ0) is 14.6. The summed E-state index contributed by atoms with van der Waals surface area (Å²) in [6.45, 7) is 5.72. The number of amidine groups is 1. The maximum absolute atomic E-state index is 9.22. The molecule has 0 aliphatic carbocycles. The number of nitriles is 1. The second-order valence-electron chi connectivity index (χ2n) is 5.08. The summed E-state index contributed by atoms with van der Waals surface area (Å²) in [6, 6.07) is 9.38. The third-order valence-electron chi connectivity index (χ3n) is 2.25. The van der Waals surface area contributed by atoms with Crippen molar-refractivity contribution in [1.82, 2.24) is 0 Å². The Balaban J connectivity index is 3.28. The van der Waals surface area contributed by atoms with Crippen molar-refractivity contribution in [2.45, 2.75) is 26.3 Å². The van der Waals surface area contributed by atoms with E-state index in [4.69, 9.17) is 11.5 Å². The van der Waals surface area contributed by atoms with E-state index in [2.05, 4.69) is 20.9 Å². The largest absolute Gasteiger partial charge is 0.397 e. The summed E-state index contributed by atoms with van der Waals surface area (Å²) >= 11 is 3.35. The first-order valence-electron chi connectivity index (χ1n) is 5.76. The summed E-state index contributed by atoms with van der Waals surface area (Å²) in [5.74, 6) is 0.162. The number of hydrogen-bond acceptors (Lipinski definition) is 3. The van der Waals surface area contributed by atoms with Crippen LogP contribution in [0.25, 0.3) is 5.70 Å². The first-order chi connectivity index (χ1) is 8.74. The van der Waals surface area contributed by atoms with Crippen LogP contribution in [0, 0.1) is 11.3 Å². The van der Waals surface area contributed by atoms with Crippen molar-refractivity contribution in [3.63, 3.8) is 0 Å². The van der Waals surface area contributed by atoms with Crippen LogP contribution in [-0.2, 0) is 0 Å². The van der Waals surface area contributed by atoms with Crippen LogP contribution >= 0.6 is 15.9 Å². The number of nitrogens with zero attached hydrogens (tertiary/aromatic N) is 2. The Morgan fingerprint density at radius 2 is 1.74 bits per heavy atom. The lowest BCUT2D eigenvalue weighted by Crippen LogP contribution is -2.23. The van der Waals surface area contributed by atoms with Gasteiger partial charge in [0.25, 0.3) is 0 Å². The molecule has 1 aromatic carbocycles. The minimum absolute atomic E-state index is 0.162. The Morgan fingerprint density at radius 3 is 2.16 bits per heavy atom. The van der Waals surface area contributed by atoms with Crippen LogP contribution in [0.1, 0.15) is 26.3 Å². The van der Waals surface area contributed by atoms with E-state index < -0.39 is 0 Å². The molecular weight excluding hydrogens is 304 g/mol. The molecule has 0 aromatic heterocycles. The SMILES string of the molecule is CC(C)(C)N=C(N)/C(C#N)=C(\N)c1ccc(Br)cc1. The zero-order valence-electron chi connectivity index (χ0n) is 11.2. The molecule has 0 spiro atoms. The number of halogens is 1. The molecule has 4 nitrogen and oxygen atoms in total. The molecule has 0 amide bonds. The molecule has 0 saturated carbocycles. The predicted octanol–water partition coefficient (Wildman–Crippen LogP) is 2.80. The van der Waals surface area contributed by atoms with Crippen LogP contribution in [0.15, 0.2) is 39.3 Å². The molecule has 19 heavy (non-hydrogen) atoms. The molecule has 0 heterocycles. The van der Waals surface area contributed by atoms with Gasteiger partial charge in [0.15, 0.2) is 0 Å². The Morgan fingerprint density at radius 1 is 1.21 bits per heavy atom. The first kappa shape index (κ1) is 15.3. The molecule has 4 N–H and O–H groups in total. The monoisotopic (exact) mass is 320 g/mol. The first-order valence-corrected chi connectivity index (χ1v) is 6.55. The van der Waals surface area contributed by atoms with Crippen molar-refractivity contribution in [1.29, 1.82) is 5.26 Å². The third-order valence-corrected chi connectivity index (χ3v) is 2.78. The van der Waals surface area contributed by atoms with E-state index in [1.807, 2.05) is 51.1 Å². The summed E-state index contributed by atoms with van der Waals surface area (Å²) in [4.78, 5) is 4.27. The number of nitrogens with two attached hydrogens (primary N) is 2. The van der Waals surface area contributed by atoms with Gasteiger partial charge in [-0.15, -0.1) is 0 Å². The average Bonchev–Trinajstić information content (AvgIpc) is 2.28. The smallest absolute Gasteiger partial charge is 0.139 e. The highest BCUT2D eigenvalue weighted by Crippen LogP contribution is 2.18. The minimum atomic E-state index is -0.355. The molecule has 5 heteroatoms. The van der Waals surface area contributed by atoms with Crippen molar-refractivity contribution in [2.24, 2.45) is 16.5 Å². The second-order valence-corrected chi connectivity index (χ2v) is 5.99. The maximum atomic E-state index is 9.22. The van der Waals surface area contributed by atoms with Gasteiger partial charge in [-0.2, -0.15) is 5.26 Å².